The van der Waals surface area contributed by atoms with E-state index in [1.54, 1.807) is 18.2 Å². The SMILES string of the molecule is O=[N+]([O-])c1ccc(F)cc1OCc1ccc2c(c1)OCO2. The van der Waals surface area contributed by atoms with E-state index in [-0.39, 0.29) is 24.8 Å². The Labute approximate surface area is 118 Å². The molecule has 2 aromatic rings. The molecule has 0 N–H and O–H groups in total. The largest absolute Gasteiger partial charge is 0.482 e. The molecule has 1 heterocycles. The van der Waals surface area contributed by atoms with Gasteiger partial charge in [-0.1, -0.05) is 6.07 Å². The molecule has 0 fully saturated rings. The van der Waals surface area contributed by atoms with Crippen LogP contribution in [0.2, 0.25) is 0 Å². The molecule has 0 unspecified atom stereocenters. The quantitative estimate of drug-likeness (QED) is 0.639. The highest BCUT2D eigenvalue weighted by atomic mass is 19.1. The van der Waals surface area contributed by atoms with Crippen molar-refractivity contribution < 1.29 is 23.5 Å². The lowest BCUT2D eigenvalue weighted by molar-refractivity contribution is -0.386. The van der Waals surface area contributed by atoms with Crippen LogP contribution in [0.25, 0.3) is 0 Å². The molecule has 3 rings (SSSR count). The van der Waals surface area contributed by atoms with Crippen LogP contribution in [0.1, 0.15) is 5.56 Å². The first-order chi connectivity index (χ1) is 10.1. The number of fused-ring (bicyclic) bond motifs is 1. The van der Waals surface area contributed by atoms with Gasteiger partial charge < -0.3 is 14.2 Å². The Bertz CT molecular complexity index is 704. The first-order valence-electron chi connectivity index (χ1n) is 6.09. The van der Waals surface area contributed by atoms with E-state index >= 15 is 0 Å². The highest BCUT2D eigenvalue weighted by Gasteiger charge is 2.17. The molecule has 0 aliphatic carbocycles. The molecule has 0 radical (unpaired) electrons. The number of hydrogen-bond donors (Lipinski definition) is 0. The Morgan fingerprint density at radius 2 is 2.00 bits per heavy atom. The molecule has 1 aliphatic heterocycles. The predicted molar refractivity (Wildman–Crippen MR) is 70.0 cm³/mol. The van der Waals surface area contributed by atoms with Crippen molar-refractivity contribution in [1.82, 2.24) is 0 Å². The van der Waals surface area contributed by atoms with Crippen molar-refractivity contribution in [1.29, 1.82) is 0 Å². The summed E-state index contributed by atoms with van der Waals surface area (Å²) >= 11 is 0. The molecule has 1 aliphatic rings. The minimum Gasteiger partial charge on any atom is -0.482 e. The first-order valence-corrected chi connectivity index (χ1v) is 6.09. The second-order valence-electron chi connectivity index (χ2n) is 4.35. The van der Waals surface area contributed by atoms with Crippen LogP contribution in [-0.4, -0.2) is 11.7 Å². The third-order valence-corrected chi connectivity index (χ3v) is 2.95. The van der Waals surface area contributed by atoms with Crippen molar-refractivity contribution in [2.45, 2.75) is 6.61 Å². The number of rotatable bonds is 4. The zero-order valence-electron chi connectivity index (χ0n) is 10.7. The van der Waals surface area contributed by atoms with Gasteiger partial charge in [0, 0.05) is 12.1 Å². The lowest BCUT2D eigenvalue weighted by atomic mass is 10.2. The fourth-order valence-corrected chi connectivity index (χ4v) is 1.95. The smallest absolute Gasteiger partial charge is 0.311 e. The van der Waals surface area contributed by atoms with Crippen LogP contribution in [0.15, 0.2) is 36.4 Å². The van der Waals surface area contributed by atoms with Crippen molar-refractivity contribution >= 4 is 5.69 Å². The van der Waals surface area contributed by atoms with E-state index in [1.165, 1.54) is 0 Å². The molecule has 0 saturated heterocycles. The van der Waals surface area contributed by atoms with E-state index < -0.39 is 10.7 Å². The van der Waals surface area contributed by atoms with Crippen molar-refractivity contribution in [3.63, 3.8) is 0 Å². The topological polar surface area (TPSA) is 70.8 Å². The molecule has 0 spiro atoms. The summed E-state index contributed by atoms with van der Waals surface area (Å²) in [7, 11) is 0. The van der Waals surface area contributed by atoms with Gasteiger partial charge in [0.25, 0.3) is 0 Å². The van der Waals surface area contributed by atoms with E-state index in [1.807, 2.05) is 0 Å². The summed E-state index contributed by atoms with van der Waals surface area (Å²) in [6, 6.07) is 8.27. The average Bonchev–Trinajstić information content (AvgIpc) is 2.92. The highest BCUT2D eigenvalue weighted by Crippen LogP contribution is 2.33. The molecule has 108 valence electrons. The summed E-state index contributed by atoms with van der Waals surface area (Å²) in [4.78, 5) is 10.2. The molecule has 6 nitrogen and oxygen atoms in total. The summed E-state index contributed by atoms with van der Waals surface area (Å²) < 4.78 is 28.9. The Kier molecular flexibility index (Phi) is 3.31. The molecular formula is C14H10FNO5. The van der Waals surface area contributed by atoms with Crippen LogP contribution in [0.4, 0.5) is 10.1 Å². The molecule has 0 saturated carbocycles. The number of benzene rings is 2. The van der Waals surface area contributed by atoms with E-state index in [9.17, 15) is 14.5 Å². The van der Waals surface area contributed by atoms with Gasteiger partial charge in [0.05, 0.1) is 4.92 Å². The number of halogens is 1. The summed E-state index contributed by atoms with van der Waals surface area (Å²) in [6.07, 6.45) is 0. The Hall–Kier alpha value is -2.83. The van der Waals surface area contributed by atoms with Crippen LogP contribution in [-0.2, 0) is 6.61 Å². The van der Waals surface area contributed by atoms with Gasteiger partial charge in [0.1, 0.15) is 12.4 Å². The van der Waals surface area contributed by atoms with E-state index in [0.717, 1.165) is 23.8 Å². The minimum absolute atomic E-state index is 0.0565. The fourth-order valence-electron chi connectivity index (χ4n) is 1.95. The monoisotopic (exact) mass is 291 g/mol. The fraction of sp³-hybridized carbons (Fsp3) is 0.143. The first kappa shape index (κ1) is 13.2. The Balaban J connectivity index is 1.78. The molecule has 0 aromatic heterocycles. The zero-order chi connectivity index (χ0) is 14.8. The van der Waals surface area contributed by atoms with Crippen molar-refractivity contribution in [3.8, 4) is 17.2 Å². The van der Waals surface area contributed by atoms with Gasteiger partial charge >= 0.3 is 5.69 Å². The van der Waals surface area contributed by atoms with Crippen LogP contribution in [0, 0.1) is 15.9 Å². The van der Waals surface area contributed by atoms with E-state index in [4.69, 9.17) is 14.2 Å². The van der Waals surface area contributed by atoms with Gasteiger partial charge in [-0.2, -0.15) is 0 Å². The highest BCUT2D eigenvalue weighted by molar-refractivity contribution is 5.47. The summed E-state index contributed by atoms with van der Waals surface area (Å²) in [5.41, 5.74) is 0.454. The van der Waals surface area contributed by atoms with Gasteiger partial charge in [-0.3, -0.25) is 10.1 Å². The van der Waals surface area contributed by atoms with Gasteiger partial charge in [-0.05, 0) is 23.8 Å². The number of nitro benzene ring substituents is 1. The second-order valence-corrected chi connectivity index (χ2v) is 4.35. The third kappa shape index (κ3) is 2.71. The normalized spacial score (nSPS) is 12.2. The lowest BCUT2D eigenvalue weighted by Crippen LogP contribution is -1.99. The summed E-state index contributed by atoms with van der Waals surface area (Å²) in [5.74, 6) is 0.513. The standard InChI is InChI=1S/C14H10FNO5/c15-10-2-3-11(16(17)18)13(6-10)19-7-9-1-4-12-14(5-9)21-8-20-12/h1-6H,7-8H2. The predicted octanol–water partition coefficient (Wildman–Crippen LogP) is 3.04. The number of nitrogens with zero attached hydrogens (tertiary/aromatic N) is 1. The molecule has 2 aromatic carbocycles. The number of nitro groups is 1. The van der Waals surface area contributed by atoms with Crippen LogP contribution < -0.4 is 14.2 Å². The molecule has 0 atom stereocenters. The minimum atomic E-state index is -0.617. The molecule has 21 heavy (non-hydrogen) atoms. The summed E-state index contributed by atoms with van der Waals surface area (Å²) in [5, 5.41) is 10.9. The third-order valence-electron chi connectivity index (χ3n) is 2.95. The van der Waals surface area contributed by atoms with Crippen molar-refractivity contribution in [3.05, 3.63) is 57.9 Å². The van der Waals surface area contributed by atoms with E-state index in [0.29, 0.717) is 11.5 Å². The average molecular weight is 291 g/mol. The van der Waals surface area contributed by atoms with Crippen LogP contribution >= 0.6 is 0 Å². The number of hydrogen-bond acceptors (Lipinski definition) is 5. The van der Waals surface area contributed by atoms with Crippen LogP contribution in [0.5, 0.6) is 17.2 Å². The van der Waals surface area contributed by atoms with Crippen molar-refractivity contribution in [2.24, 2.45) is 0 Å². The van der Waals surface area contributed by atoms with Crippen LogP contribution in [0.3, 0.4) is 0 Å². The summed E-state index contributed by atoms with van der Waals surface area (Å²) in [6.45, 7) is 0.218. The molecular weight excluding hydrogens is 281 g/mol. The van der Waals surface area contributed by atoms with Gasteiger partial charge in [0.15, 0.2) is 17.2 Å². The number of ether oxygens (including phenoxy) is 3. The molecule has 0 amide bonds. The second kappa shape index (κ2) is 5.28. The van der Waals surface area contributed by atoms with Gasteiger partial charge in [0.2, 0.25) is 6.79 Å². The van der Waals surface area contributed by atoms with Crippen molar-refractivity contribution in [2.75, 3.05) is 6.79 Å². The van der Waals surface area contributed by atoms with E-state index in [2.05, 4.69) is 0 Å². The van der Waals surface area contributed by atoms with Gasteiger partial charge in [-0.25, -0.2) is 4.39 Å². The maximum atomic E-state index is 13.2. The Morgan fingerprint density at radius 3 is 2.81 bits per heavy atom. The van der Waals surface area contributed by atoms with Gasteiger partial charge in [-0.15, -0.1) is 0 Å². The Morgan fingerprint density at radius 1 is 1.19 bits per heavy atom. The molecule has 0 bridgehead atoms. The lowest BCUT2D eigenvalue weighted by Gasteiger charge is -2.07. The zero-order valence-corrected chi connectivity index (χ0v) is 10.7. The maximum absolute atomic E-state index is 13.2. The maximum Gasteiger partial charge on any atom is 0.311 e. The molecule has 7 heteroatoms.